The maximum absolute atomic E-state index is 13.7. The number of anilines is 2. The highest BCUT2D eigenvalue weighted by Gasteiger charge is 2.44. The van der Waals surface area contributed by atoms with E-state index in [0.717, 1.165) is 17.7 Å². The molecule has 5 nitrogen and oxygen atoms in total. The Morgan fingerprint density at radius 1 is 0.839 bits per heavy atom. The summed E-state index contributed by atoms with van der Waals surface area (Å²) in [5, 5.41) is 0. The molecule has 0 radical (unpaired) electrons. The van der Waals surface area contributed by atoms with Gasteiger partial charge < -0.3 is 9.64 Å². The van der Waals surface area contributed by atoms with Gasteiger partial charge in [-0.3, -0.25) is 9.59 Å². The van der Waals surface area contributed by atoms with Crippen molar-refractivity contribution in [3.05, 3.63) is 95.2 Å². The van der Waals surface area contributed by atoms with Crippen molar-refractivity contribution in [3.63, 3.8) is 0 Å². The first-order valence-electron chi connectivity index (χ1n) is 10.3. The van der Waals surface area contributed by atoms with Gasteiger partial charge in [0.05, 0.1) is 18.4 Å². The van der Waals surface area contributed by atoms with E-state index in [-0.39, 0.29) is 11.8 Å². The molecule has 0 N–H and O–H groups in total. The normalized spacial score (nSPS) is 15.7. The average molecular weight is 410 g/mol. The van der Waals surface area contributed by atoms with Crippen LogP contribution in [0.25, 0.3) is 5.57 Å². The number of aryl methyl sites for hydroxylation is 1. The molecule has 2 aliphatic heterocycles. The summed E-state index contributed by atoms with van der Waals surface area (Å²) in [6.07, 6.45) is 0.824. The summed E-state index contributed by atoms with van der Waals surface area (Å²) in [4.78, 5) is 30.7. The van der Waals surface area contributed by atoms with E-state index in [1.54, 1.807) is 7.11 Å². The van der Waals surface area contributed by atoms with Crippen molar-refractivity contribution in [2.45, 2.75) is 13.3 Å². The van der Waals surface area contributed by atoms with Crippen LogP contribution in [0.5, 0.6) is 5.75 Å². The molecule has 0 bridgehead atoms. The zero-order valence-corrected chi connectivity index (χ0v) is 17.5. The lowest BCUT2D eigenvalue weighted by Crippen LogP contribution is -2.34. The molecular formula is C26H22N2O3. The molecule has 0 aliphatic carbocycles. The number of nitrogens with zero attached hydrogens (tertiary/aromatic N) is 2. The quantitative estimate of drug-likeness (QED) is 0.600. The van der Waals surface area contributed by atoms with E-state index in [9.17, 15) is 9.59 Å². The second-order valence-corrected chi connectivity index (χ2v) is 7.74. The van der Waals surface area contributed by atoms with Crippen molar-refractivity contribution in [1.29, 1.82) is 0 Å². The number of hydrogen-bond acceptors (Lipinski definition) is 4. The summed E-state index contributed by atoms with van der Waals surface area (Å²) in [5.74, 6) is -0.0846. The molecule has 154 valence electrons. The van der Waals surface area contributed by atoms with Gasteiger partial charge >= 0.3 is 0 Å². The molecule has 0 saturated heterocycles. The van der Waals surface area contributed by atoms with Crippen LogP contribution in [0.3, 0.4) is 0 Å². The number of rotatable bonds is 4. The molecule has 2 amide bonds. The zero-order valence-electron chi connectivity index (χ0n) is 17.5. The summed E-state index contributed by atoms with van der Waals surface area (Å²) in [6.45, 7) is 2.62. The van der Waals surface area contributed by atoms with Crippen LogP contribution in [0.4, 0.5) is 11.4 Å². The zero-order chi connectivity index (χ0) is 21.5. The molecular weight excluding hydrogens is 388 g/mol. The van der Waals surface area contributed by atoms with Crippen LogP contribution in [0.2, 0.25) is 0 Å². The van der Waals surface area contributed by atoms with Gasteiger partial charge in [-0.1, -0.05) is 54.1 Å². The molecule has 5 rings (SSSR count). The van der Waals surface area contributed by atoms with Crippen LogP contribution in [0.1, 0.15) is 16.7 Å². The highest BCUT2D eigenvalue weighted by Crippen LogP contribution is 2.42. The van der Waals surface area contributed by atoms with Crippen LogP contribution in [0, 0.1) is 6.92 Å². The number of carbonyl (C=O) groups is 2. The SMILES string of the molecule is COc1ccccc1C1=C(N2CCc3ccccc32)C(=O)N(c2ccc(C)cc2)C1=O. The number of fused-ring (bicyclic) bond motifs is 1. The van der Waals surface area contributed by atoms with Gasteiger partial charge in [-0.25, -0.2) is 4.90 Å². The summed E-state index contributed by atoms with van der Waals surface area (Å²) in [7, 11) is 1.57. The molecule has 5 heteroatoms. The van der Waals surface area contributed by atoms with Gasteiger partial charge in [-0.2, -0.15) is 0 Å². The van der Waals surface area contributed by atoms with Crippen molar-refractivity contribution in [2.75, 3.05) is 23.5 Å². The smallest absolute Gasteiger partial charge is 0.282 e. The molecule has 2 aliphatic rings. The maximum Gasteiger partial charge on any atom is 0.282 e. The highest BCUT2D eigenvalue weighted by molar-refractivity contribution is 6.46. The summed E-state index contributed by atoms with van der Waals surface area (Å²) >= 11 is 0. The Labute approximate surface area is 181 Å². The van der Waals surface area contributed by atoms with Crippen LogP contribution < -0.4 is 14.5 Å². The fraction of sp³-hybridized carbons (Fsp3) is 0.154. The Morgan fingerprint density at radius 3 is 2.32 bits per heavy atom. The molecule has 0 unspecified atom stereocenters. The number of ether oxygens (including phenoxy) is 1. The summed E-state index contributed by atoms with van der Waals surface area (Å²) < 4.78 is 5.54. The third-order valence-electron chi connectivity index (χ3n) is 5.88. The predicted octanol–water partition coefficient (Wildman–Crippen LogP) is 4.35. The second-order valence-electron chi connectivity index (χ2n) is 7.74. The van der Waals surface area contributed by atoms with Gasteiger partial charge in [0, 0.05) is 17.8 Å². The Balaban J connectivity index is 1.71. The Morgan fingerprint density at radius 2 is 1.55 bits per heavy atom. The largest absolute Gasteiger partial charge is 0.496 e. The molecule has 3 aromatic rings. The maximum atomic E-state index is 13.7. The van der Waals surface area contributed by atoms with Crippen molar-refractivity contribution in [1.82, 2.24) is 0 Å². The summed E-state index contributed by atoms with van der Waals surface area (Å²) in [5.41, 5.74) is 5.17. The van der Waals surface area contributed by atoms with Gasteiger partial charge in [-0.15, -0.1) is 0 Å². The second kappa shape index (κ2) is 7.43. The van der Waals surface area contributed by atoms with E-state index in [1.165, 1.54) is 10.5 Å². The van der Waals surface area contributed by atoms with Crippen molar-refractivity contribution in [2.24, 2.45) is 0 Å². The minimum atomic E-state index is -0.335. The topological polar surface area (TPSA) is 49.9 Å². The third kappa shape index (κ3) is 3.01. The highest BCUT2D eigenvalue weighted by atomic mass is 16.5. The van der Waals surface area contributed by atoms with Gasteiger partial charge in [0.1, 0.15) is 11.4 Å². The van der Waals surface area contributed by atoms with Crippen LogP contribution in [-0.2, 0) is 16.0 Å². The number of carbonyl (C=O) groups excluding carboxylic acids is 2. The molecule has 0 saturated carbocycles. The number of hydrogen-bond donors (Lipinski definition) is 0. The molecule has 0 spiro atoms. The van der Waals surface area contributed by atoms with E-state index in [0.29, 0.717) is 34.8 Å². The van der Waals surface area contributed by atoms with Crippen molar-refractivity contribution >= 4 is 28.8 Å². The number of methoxy groups -OCH3 is 1. The van der Waals surface area contributed by atoms with Gasteiger partial charge in [0.15, 0.2) is 0 Å². The first-order chi connectivity index (χ1) is 15.1. The standard InChI is InChI=1S/C26H22N2O3/c1-17-11-13-19(14-12-17)28-25(29)23(20-8-4-6-10-22(20)31-2)24(26(28)30)27-16-15-18-7-3-5-9-21(18)27/h3-14H,15-16H2,1-2H3. The first-order valence-corrected chi connectivity index (χ1v) is 10.3. The summed E-state index contributed by atoms with van der Waals surface area (Å²) in [6, 6.07) is 22.8. The van der Waals surface area contributed by atoms with Crippen LogP contribution in [0.15, 0.2) is 78.5 Å². The van der Waals surface area contributed by atoms with Crippen LogP contribution >= 0.6 is 0 Å². The first kappa shape index (κ1) is 19.1. The van der Waals surface area contributed by atoms with E-state index >= 15 is 0 Å². The lowest BCUT2D eigenvalue weighted by Gasteiger charge is -2.22. The average Bonchev–Trinajstić information content (AvgIpc) is 3.32. The lowest BCUT2D eigenvalue weighted by atomic mass is 10.0. The fourth-order valence-electron chi connectivity index (χ4n) is 4.36. The molecule has 0 atom stereocenters. The minimum Gasteiger partial charge on any atom is -0.496 e. The number of para-hydroxylation sites is 2. The number of amides is 2. The number of imide groups is 1. The van der Waals surface area contributed by atoms with E-state index in [2.05, 4.69) is 6.07 Å². The molecule has 0 fully saturated rings. The molecule has 3 aromatic carbocycles. The van der Waals surface area contributed by atoms with Gasteiger partial charge in [0.2, 0.25) is 0 Å². The van der Waals surface area contributed by atoms with Crippen molar-refractivity contribution < 1.29 is 14.3 Å². The predicted molar refractivity (Wildman–Crippen MR) is 121 cm³/mol. The molecule has 0 aromatic heterocycles. The van der Waals surface area contributed by atoms with E-state index < -0.39 is 0 Å². The Hall–Kier alpha value is -3.86. The third-order valence-corrected chi connectivity index (χ3v) is 5.88. The fourth-order valence-corrected chi connectivity index (χ4v) is 4.36. The van der Waals surface area contributed by atoms with Gasteiger partial charge in [-0.05, 0) is 43.2 Å². The molecule has 2 heterocycles. The number of benzene rings is 3. The molecule has 31 heavy (non-hydrogen) atoms. The Kier molecular flexibility index (Phi) is 4.59. The van der Waals surface area contributed by atoms with E-state index in [4.69, 9.17) is 4.74 Å². The van der Waals surface area contributed by atoms with Gasteiger partial charge in [0.25, 0.3) is 11.8 Å². The van der Waals surface area contributed by atoms with Crippen LogP contribution in [-0.4, -0.2) is 25.5 Å². The van der Waals surface area contributed by atoms with Crippen molar-refractivity contribution in [3.8, 4) is 5.75 Å². The Bertz CT molecular complexity index is 1230. The van der Waals surface area contributed by atoms with E-state index in [1.807, 2.05) is 78.6 Å². The minimum absolute atomic E-state index is 0.313. The lowest BCUT2D eigenvalue weighted by molar-refractivity contribution is -0.120. The monoisotopic (exact) mass is 410 g/mol.